The van der Waals surface area contributed by atoms with Gasteiger partial charge in [0.1, 0.15) is 23.3 Å². The third-order valence-electron chi connectivity index (χ3n) is 9.66. The first-order valence-electron chi connectivity index (χ1n) is 16.8. The summed E-state index contributed by atoms with van der Waals surface area (Å²) in [6, 6.07) is 50.2. The van der Waals surface area contributed by atoms with Crippen molar-refractivity contribution in [3.63, 3.8) is 0 Å². The molecule has 250 valence electrons. The lowest BCUT2D eigenvalue weighted by atomic mass is 9.89. The lowest BCUT2D eigenvalue weighted by Crippen LogP contribution is -2.10. The van der Waals surface area contributed by atoms with Gasteiger partial charge < -0.3 is 9.80 Å². The van der Waals surface area contributed by atoms with Gasteiger partial charge in [0.05, 0.1) is 5.69 Å². The first-order valence-corrected chi connectivity index (χ1v) is 16.8. The minimum atomic E-state index is -0.336. The Hall–Kier alpha value is -6.66. The molecule has 0 bridgehead atoms. The summed E-state index contributed by atoms with van der Waals surface area (Å²) in [5.41, 5.74) is 6.78. The number of hydrogen-bond acceptors (Lipinski definition) is 2. The minimum Gasteiger partial charge on any atom is -0.310 e. The molecule has 0 saturated heterocycles. The van der Waals surface area contributed by atoms with Gasteiger partial charge in [-0.15, -0.1) is 0 Å². The molecule has 0 heterocycles. The SMILES string of the molecule is Fc1ccc(N(c2ccc(F)cc2)c2ccc(-c3ccc4ccc5c(N(c6ccc(F)cc6)c6ccc(F)cc6)ccc6ccc3c4c65)cc2)cc1. The van der Waals surface area contributed by atoms with Crippen LogP contribution in [0.4, 0.5) is 51.7 Å². The Balaban J connectivity index is 1.18. The maximum Gasteiger partial charge on any atom is 0.123 e. The molecular formula is C46H28F4N2. The van der Waals surface area contributed by atoms with Crippen LogP contribution in [0.1, 0.15) is 0 Å². The van der Waals surface area contributed by atoms with Crippen molar-refractivity contribution < 1.29 is 17.6 Å². The number of halogens is 4. The molecule has 52 heavy (non-hydrogen) atoms. The van der Waals surface area contributed by atoms with E-state index in [4.69, 9.17) is 0 Å². The van der Waals surface area contributed by atoms with Crippen LogP contribution in [0, 0.1) is 23.3 Å². The van der Waals surface area contributed by atoms with Gasteiger partial charge in [-0.3, -0.25) is 0 Å². The maximum absolute atomic E-state index is 14.1. The van der Waals surface area contributed by atoms with Crippen molar-refractivity contribution in [3.05, 3.63) is 193 Å². The van der Waals surface area contributed by atoms with Crippen LogP contribution in [0.15, 0.2) is 170 Å². The van der Waals surface area contributed by atoms with Crippen molar-refractivity contribution in [2.45, 2.75) is 0 Å². The van der Waals surface area contributed by atoms with Crippen LogP contribution >= 0.6 is 0 Å². The number of nitrogens with zero attached hydrogens (tertiary/aromatic N) is 2. The molecule has 0 aliphatic carbocycles. The molecule has 0 aliphatic heterocycles. The van der Waals surface area contributed by atoms with Crippen LogP contribution in [0.5, 0.6) is 0 Å². The standard InChI is InChI=1S/C46H28F4N2/c47-32-7-17-37(18-8-32)51(38-19-9-33(48)10-20-38)36-15-1-29(2-16-36)41-25-3-30-5-27-43-44(28-6-31-4-26-42(41)45(30)46(31)43)52(39-21-11-34(49)12-22-39)40-23-13-35(50)14-24-40/h1-28H. The van der Waals surface area contributed by atoms with Crippen LogP contribution in [0.3, 0.4) is 0 Å². The summed E-state index contributed by atoms with van der Waals surface area (Å²) in [5.74, 6) is -1.34. The fraction of sp³-hybridized carbons (Fsp3) is 0. The summed E-state index contributed by atoms with van der Waals surface area (Å²) < 4.78 is 55.9. The first-order chi connectivity index (χ1) is 25.4. The molecule has 0 saturated carbocycles. The lowest BCUT2D eigenvalue weighted by molar-refractivity contribution is 0.627. The summed E-state index contributed by atoms with van der Waals surface area (Å²) in [6.45, 7) is 0. The van der Waals surface area contributed by atoms with Crippen molar-refractivity contribution in [2.75, 3.05) is 9.80 Å². The molecule has 0 aliphatic rings. The largest absolute Gasteiger partial charge is 0.310 e. The Kier molecular flexibility index (Phi) is 7.58. The van der Waals surface area contributed by atoms with E-state index in [1.54, 1.807) is 48.5 Å². The van der Waals surface area contributed by atoms with E-state index in [-0.39, 0.29) is 23.3 Å². The highest BCUT2D eigenvalue weighted by Gasteiger charge is 2.20. The maximum atomic E-state index is 14.1. The monoisotopic (exact) mass is 684 g/mol. The molecule has 0 fully saturated rings. The predicted octanol–water partition coefficient (Wildman–Crippen LogP) is 13.7. The summed E-state index contributed by atoms with van der Waals surface area (Å²) in [6.07, 6.45) is 0. The van der Waals surface area contributed by atoms with Gasteiger partial charge in [0.15, 0.2) is 0 Å². The molecule has 2 nitrogen and oxygen atoms in total. The van der Waals surface area contributed by atoms with Crippen molar-refractivity contribution >= 4 is 66.4 Å². The second kappa shape index (κ2) is 12.6. The van der Waals surface area contributed by atoms with E-state index in [1.807, 2.05) is 21.9 Å². The fourth-order valence-corrected chi connectivity index (χ4v) is 7.26. The Morgan fingerprint density at radius 3 is 1.10 bits per heavy atom. The average molecular weight is 685 g/mol. The number of hydrogen-bond donors (Lipinski definition) is 0. The zero-order chi connectivity index (χ0) is 35.3. The zero-order valence-corrected chi connectivity index (χ0v) is 27.6. The van der Waals surface area contributed by atoms with E-state index in [0.29, 0.717) is 0 Å². The van der Waals surface area contributed by atoms with E-state index in [0.717, 1.165) is 77.6 Å². The molecule has 0 amide bonds. The molecular weight excluding hydrogens is 657 g/mol. The van der Waals surface area contributed by atoms with Crippen LogP contribution in [0.2, 0.25) is 0 Å². The molecule has 9 aromatic rings. The van der Waals surface area contributed by atoms with Gasteiger partial charge in [-0.1, -0.05) is 54.6 Å². The van der Waals surface area contributed by atoms with Crippen LogP contribution in [-0.4, -0.2) is 0 Å². The highest BCUT2D eigenvalue weighted by molar-refractivity contribution is 6.27. The molecule has 9 rings (SSSR count). The van der Waals surface area contributed by atoms with Crippen LogP contribution in [0.25, 0.3) is 43.4 Å². The summed E-state index contributed by atoms with van der Waals surface area (Å²) >= 11 is 0. The van der Waals surface area contributed by atoms with E-state index in [2.05, 4.69) is 60.7 Å². The van der Waals surface area contributed by atoms with Crippen molar-refractivity contribution in [1.82, 2.24) is 0 Å². The fourth-order valence-electron chi connectivity index (χ4n) is 7.26. The lowest BCUT2D eigenvalue weighted by Gasteiger charge is -2.28. The van der Waals surface area contributed by atoms with Gasteiger partial charge in [0, 0.05) is 33.8 Å². The highest BCUT2D eigenvalue weighted by atomic mass is 19.1. The Morgan fingerprint density at radius 1 is 0.288 bits per heavy atom. The molecule has 0 aromatic heterocycles. The number of anilines is 6. The van der Waals surface area contributed by atoms with Crippen LogP contribution in [-0.2, 0) is 0 Å². The molecule has 9 aromatic carbocycles. The first kappa shape index (κ1) is 31.3. The van der Waals surface area contributed by atoms with Crippen molar-refractivity contribution in [1.29, 1.82) is 0 Å². The van der Waals surface area contributed by atoms with Gasteiger partial charge >= 0.3 is 0 Å². The van der Waals surface area contributed by atoms with E-state index in [1.165, 1.54) is 48.5 Å². The molecule has 0 N–H and O–H groups in total. The Labute approximate surface area is 297 Å². The predicted molar refractivity (Wildman–Crippen MR) is 205 cm³/mol. The summed E-state index contributed by atoms with van der Waals surface area (Å²) in [5, 5.41) is 6.49. The topological polar surface area (TPSA) is 6.48 Å². The Bertz CT molecular complexity index is 2600. The van der Waals surface area contributed by atoms with Crippen LogP contribution < -0.4 is 9.80 Å². The number of rotatable bonds is 7. The van der Waals surface area contributed by atoms with Crippen molar-refractivity contribution in [3.8, 4) is 11.1 Å². The van der Waals surface area contributed by atoms with E-state index in [9.17, 15) is 17.6 Å². The van der Waals surface area contributed by atoms with Gasteiger partial charge in [0.25, 0.3) is 0 Å². The van der Waals surface area contributed by atoms with Crippen molar-refractivity contribution in [2.24, 2.45) is 0 Å². The third-order valence-corrected chi connectivity index (χ3v) is 9.66. The van der Waals surface area contributed by atoms with E-state index < -0.39 is 0 Å². The van der Waals surface area contributed by atoms with E-state index >= 15 is 0 Å². The van der Waals surface area contributed by atoms with Gasteiger partial charge in [-0.05, 0) is 153 Å². The number of benzene rings is 9. The second-order valence-corrected chi connectivity index (χ2v) is 12.7. The van der Waals surface area contributed by atoms with Gasteiger partial charge in [-0.25, -0.2) is 17.6 Å². The quantitative estimate of drug-likeness (QED) is 0.122. The normalized spacial score (nSPS) is 11.5. The Morgan fingerprint density at radius 2 is 0.635 bits per heavy atom. The molecule has 0 unspecified atom stereocenters. The zero-order valence-electron chi connectivity index (χ0n) is 27.6. The van der Waals surface area contributed by atoms with Gasteiger partial charge in [-0.2, -0.15) is 0 Å². The minimum absolute atomic E-state index is 0.335. The molecule has 6 heteroatoms. The van der Waals surface area contributed by atoms with Gasteiger partial charge in [0.2, 0.25) is 0 Å². The highest BCUT2D eigenvalue weighted by Crippen LogP contribution is 2.46. The molecule has 0 spiro atoms. The third kappa shape index (κ3) is 5.46. The summed E-state index contributed by atoms with van der Waals surface area (Å²) in [7, 11) is 0. The second-order valence-electron chi connectivity index (χ2n) is 12.7. The molecule has 0 radical (unpaired) electrons. The molecule has 0 atom stereocenters. The average Bonchev–Trinajstić information content (AvgIpc) is 3.17. The summed E-state index contributed by atoms with van der Waals surface area (Å²) in [4.78, 5) is 3.99. The smallest absolute Gasteiger partial charge is 0.123 e.